The molecule has 0 atom stereocenters. The van der Waals surface area contributed by atoms with Crippen molar-refractivity contribution < 1.29 is 4.79 Å². The van der Waals surface area contributed by atoms with Gasteiger partial charge in [0.15, 0.2) is 0 Å². The van der Waals surface area contributed by atoms with Crippen molar-refractivity contribution in [3.8, 4) is 0 Å². The van der Waals surface area contributed by atoms with Crippen LogP contribution in [0, 0.1) is 5.92 Å². The van der Waals surface area contributed by atoms with E-state index in [0.717, 1.165) is 31.1 Å². The number of amides is 1. The Bertz CT molecular complexity index is 453. The van der Waals surface area contributed by atoms with Crippen LogP contribution < -0.4 is 10.6 Å². The molecule has 0 unspecified atom stereocenters. The molecule has 1 aliphatic rings. The van der Waals surface area contributed by atoms with Crippen molar-refractivity contribution in [1.29, 1.82) is 0 Å². The number of aromatic nitrogens is 1. The van der Waals surface area contributed by atoms with Gasteiger partial charge in [-0.15, -0.1) is 0 Å². The summed E-state index contributed by atoms with van der Waals surface area (Å²) >= 11 is 0. The third kappa shape index (κ3) is 4.73. The lowest BCUT2D eigenvalue weighted by Gasteiger charge is -2.28. The van der Waals surface area contributed by atoms with Gasteiger partial charge in [-0.1, -0.05) is 25.8 Å². The number of carbonyl (C=O) groups is 1. The molecule has 2 N–H and O–H groups in total. The predicted octanol–water partition coefficient (Wildman–Crippen LogP) is 3.60. The minimum absolute atomic E-state index is 0.0475. The van der Waals surface area contributed by atoms with E-state index < -0.39 is 0 Å². The maximum absolute atomic E-state index is 12.3. The van der Waals surface area contributed by atoms with Crippen molar-refractivity contribution >= 4 is 11.7 Å². The van der Waals surface area contributed by atoms with Crippen LogP contribution in [0.15, 0.2) is 18.2 Å². The molecular weight excluding hydrogens is 262 g/mol. The summed E-state index contributed by atoms with van der Waals surface area (Å²) in [6.07, 6.45) is 7.27. The molecule has 0 aliphatic heterocycles. The summed E-state index contributed by atoms with van der Waals surface area (Å²) < 4.78 is 0. The SMILES string of the molecule is CCCC1CCC(NC(=O)c2cccc(NCC)n2)CC1. The highest BCUT2D eigenvalue weighted by atomic mass is 16.1. The van der Waals surface area contributed by atoms with E-state index in [0.29, 0.717) is 11.7 Å². The molecule has 1 aromatic heterocycles. The molecule has 1 heterocycles. The summed E-state index contributed by atoms with van der Waals surface area (Å²) in [6.45, 7) is 5.07. The average Bonchev–Trinajstić information content (AvgIpc) is 2.50. The largest absolute Gasteiger partial charge is 0.370 e. The van der Waals surface area contributed by atoms with Crippen LogP contribution in [0.1, 0.15) is 62.9 Å². The Labute approximate surface area is 127 Å². The molecule has 1 fully saturated rings. The molecule has 1 saturated carbocycles. The van der Waals surface area contributed by atoms with E-state index in [-0.39, 0.29) is 5.91 Å². The highest BCUT2D eigenvalue weighted by Crippen LogP contribution is 2.27. The number of pyridine rings is 1. The first-order valence-electron chi connectivity index (χ1n) is 8.24. The van der Waals surface area contributed by atoms with E-state index >= 15 is 0 Å². The zero-order valence-corrected chi connectivity index (χ0v) is 13.2. The molecule has 0 radical (unpaired) electrons. The molecule has 116 valence electrons. The average molecular weight is 289 g/mol. The summed E-state index contributed by atoms with van der Waals surface area (Å²) in [5.41, 5.74) is 0.504. The van der Waals surface area contributed by atoms with Crippen LogP contribution in [0.2, 0.25) is 0 Å². The smallest absolute Gasteiger partial charge is 0.270 e. The molecule has 0 spiro atoms. The highest BCUT2D eigenvalue weighted by molar-refractivity contribution is 5.92. The van der Waals surface area contributed by atoms with Crippen molar-refractivity contribution in [3.63, 3.8) is 0 Å². The molecule has 1 aliphatic carbocycles. The summed E-state index contributed by atoms with van der Waals surface area (Å²) in [4.78, 5) is 16.6. The van der Waals surface area contributed by atoms with Crippen molar-refractivity contribution in [1.82, 2.24) is 10.3 Å². The molecule has 0 saturated heterocycles. The highest BCUT2D eigenvalue weighted by Gasteiger charge is 2.22. The second-order valence-corrected chi connectivity index (χ2v) is 5.92. The van der Waals surface area contributed by atoms with Gasteiger partial charge in [-0.3, -0.25) is 4.79 Å². The van der Waals surface area contributed by atoms with Gasteiger partial charge in [-0.2, -0.15) is 0 Å². The van der Waals surface area contributed by atoms with Crippen LogP contribution in [0.5, 0.6) is 0 Å². The van der Waals surface area contributed by atoms with Crippen molar-refractivity contribution in [3.05, 3.63) is 23.9 Å². The van der Waals surface area contributed by atoms with Crippen molar-refractivity contribution in [2.45, 2.75) is 58.4 Å². The van der Waals surface area contributed by atoms with Gasteiger partial charge in [0.2, 0.25) is 0 Å². The van der Waals surface area contributed by atoms with E-state index in [4.69, 9.17) is 0 Å². The molecule has 1 amide bonds. The standard InChI is InChI=1S/C17H27N3O/c1-3-6-13-9-11-14(12-10-13)19-17(21)15-7-5-8-16(20-15)18-4-2/h5,7-8,13-14H,3-4,6,9-12H2,1-2H3,(H,18,20)(H,19,21). The molecule has 4 nitrogen and oxygen atoms in total. The fraction of sp³-hybridized carbons (Fsp3) is 0.647. The van der Waals surface area contributed by atoms with E-state index in [2.05, 4.69) is 22.5 Å². The minimum Gasteiger partial charge on any atom is -0.370 e. The Morgan fingerprint density at radius 1 is 1.24 bits per heavy atom. The second kappa shape index (κ2) is 8.01. The first-order valence-corrected chi connectivity index (χ1v) is 8.24. The van der Waals surface area contributed by atoms with Gasteiger partial charge < -0.3 is 10.6 Å². The van der Waals surface area contributed by atoms with Crippen LogP contribution in [-0.4, -0.2) is 23.5 Å². The van der Waals surface area contributed by atoms with Crippen molar-refractivity contribution in [2.75, 3.05) is 11.9 Å². The minimum atomic E-state index is -0.0475. The fourth-order valence-electron chi connectivity index (χ4n) is 3.10. The third-order valence-electron chi connectivity index (χ3n) is 4.22. The van der Waals surface area contributed by atoms with Crippen LogP contribution >= 0.6 is 0 Å². The quantitative estimate of drug-likeness (QED) is 0.841. The molecule has 21 heavy (non-hydrogen) atoms. The number of anilines is 1. The van der Waals surface area contributed by atoms with Gasteiger partial charge in [0.1, 0.15) is 11.5 Å². The van der Waals surface area contributed by atoms with Gasteiger partial charge in [-0.25, -0.2) is 4.98 Å². The van der Waals surface area contributed by atoms with Crippen LogP contribution in [0.4, 0.5) is 5.82 Å². The summed E-state index contributed by atoms with van der Waals surface area (Å²) in [7, 11) is 0. The van der Waals surface area contributed by atoms with Crippen molar-refractivity contribution in [2.24, 2.45) is 5.92 Å². The summed E-state index contributed by atoms with van der Waals surface area (Å²) in [5.74, 6) is 1.57. The number of hydrogen-bond donors (Lipinski definition) is 2. The molecule has 1 aromatic rings. The Hall–Kier alpha value is -1.58. The van der Waals surface area contributed by atoms with E-state index in [9.17, 15) is 4.79 Å². The lowest BCUT2D eigenvalue weighted by molar-refractivity contribution is 0.0916. The zero-order chi connectivity index (χ0) is 15.1. The zero-order valence-electron chi connectivity index (χ0n) is 13.2. The van der Waals surface area contributed by atoms with E-state index in [1.165, 1.54) is 25.7 Å². The maximum Gasteiger partial charge on any atom is 0.270 e. The number of carbonyl (C=O) groups excluding carboxylic acids is 1. The number of hydrogen-bond acceptors (Lipinski definition) is 3. The van der Waals surface area contributed by atoms with Gasteiger partial charge in [0.25, 0.3) is 5.91 Å². The first kappa shape index (κ1) is 15.8. The predicted molar refractivity (Wildman–Crippen MR) is 86.5 cm³/mol. The van der Waals surface area contributed by atoms with E-state index in [1.54, 1.807) is 6.07 Å². The lowest BCUT2D eigenvalue weighted by Crippen LogP contribution is -2.38. The number of rotatable bonds is 6. The third-order valence-corrected chi connectivity index (χ3v) is 4.22. The Kier molecular flexibility index (Phi) is 6.03. The fourth-order valence-corrected chi connectivity index (χ4v) is 3.10. The topological polar surface area (TPSA) is 54.0 Å². The molecule has 0 aromatic carbocycles. The summed E-state index contributed by atoms with van der Waals surface area (Å²) in [6, 6.07) is 5.85. The van der Waals surface area contributed by atoms with Crippen LogP contribution in [0.3, 0.4) is 0 Å². The molecular formula is C17H27N3O. The normalized spacial score (nSPS) is 21.8. The number of nitrogens with zero attached hydrogens (tertiary/aromatic N) is 1. The lowest BCUT2D eigenvalue weighted by atomic mass is 9.83. The van der Waals surface area contributed by atoms with Crippen LogP contribution in [0.25, 0.3) is 0 Å². The maximum atomic E-state index is 12.3. The molecule has 0 bridgehead atoms. The second-order valence-electron chi connectivity index (χ2n) is 5.92. The van der Waals surface area contributed by atoms with E-state index in [1.807, 2.05) is 19.1 Å². The molecule has 2 rings (SSSR count). The number of nitrogens with one attached hydrogen (secondary N) is 2. The first-order chi connectivity index (χ1) is 10.2. The monoisotopic (exact) mass is 289 g/mol. The summed E-state index contributed by atoms with van der Waals surface area (Å²) in [5, 5.41) is 6.27. The Morgan fingerprint density at radius 2 is 2.00 bits per heavy atom. The Balaban J connectivity index is 1.86. The van der Waals surface area contributed by atoms with Gasteiger partial charge in [0, 0.05) is 12.6 Å². The van der Waals surface area contributed by atoms with Gasteiger partial charge in [0.05, 0.1) is 0 Å². The Morgan fingerprint density at radius 3 is 2.67 bits per heavy atom. The van der Waals surface area contributed by atoms with Gasteiger partial charge >= 0.3 is 0 Å². The molecule has 4 heteroatoms. The van der Waals surface area contributed by atoms with Crippen LogP contribution in [-0.2, 0) is 0 Å². The van der Waals surface area contributed by atoms with Gasteiger partial charge in [-0.05, 0) is 50.7 Å².